The van der Waals surface area contributed by atoms with Gasteiger partial charge in [-0.15, -0.1) is 0 Å². The van der Waals surface area contributed by atoms with Gasteiger partial charge in [0, 0.05) is 25.9 Å². The Hall–Kier alpha value is -3.01. The highest BCUT2D eigenvalue weighted by atomic mass is 32.2. The van der Waals surface area contributed by atoms with Gasteiger partial charge in [0.05, 0.1) is 25.6 Å². The van der Waals surface area contributed by atoms with Crippen LogP contribution in [0.4, 0.5) is 8.78 Å². The van der Waals surface area contributed by atoms with Crippen molar-refractivity contribution in [3.63, 3.8) is 0 Å². The molecule has 0 atom stereocenters. The monoisotopic (exact) mass is 437 g/mol. The minimum absolute atomic E-state index is 0.0902. The number of rotatable bonds is 7. The van der Waals surface area contributed by atoms with Gasteiger partial charge in [-0.1, -0.05) is 6.07 Å². The summed E-state index contributed by atoms with van der Waals surface area (Å²) in [5, 5.41) is -0.643. The van der Waals surface area contributed by atoms with Gasteiger partial charge in [-0.25, -0.2) is 18.4 Å². The largest absolute Gasteiger partial charge is 0.493 e. The first kappa shape index (κ1) is 21.7. The number of methoxy groups -OCH3 is 2. The van der Waals surface area contributed by atoms with Gasteiger partial charge >= 0.3 is 0 Å². The topological polar surface area (TPSA) is 83.3 Å². The first-order valence-electron chi connectivity index (χ1n) is 8.87. The summed E-state index contributed by atoms with van der Waals surface area (Å²) < 4.78 is 64.1. The van der Waals surface area contributed by atoms with Gasteiger partial charge in [0.25, 0.3) is 5.92 Å². The molecule has 2 aromatic heterocycles. The molecule has 3 aromatic rings. The van der Waals surface area contributed by atoms with E-state index in [2.05, 4.69) is 9.97 Å². The summed E-state index contributed by atoms with van der Waals surface area (Å²) in [6.45, 7) is 1.03. The number of hydrogen-bond donors (Lipinski definition) is 0. The Balaban J connectivity index is 2.07. The van der Waals surface area contributed by atoms with Crippen LogP contribution in [0.5, 0.6) is 11.5 Å². The summed E-state index contributed by atoms with van der Waals surface area (Å²) in [5.74, 6) is -2.19. The van der Waals surface area contributed by atoms with Gasteiger partial charge in [-0.2, -0.15) is 8.78 Å². The van der Waals surface area contributed by atoms with Crippen LogP contribution in [0.15, 0.2) is 47.8 Å². The van der Waals surface area contributed by atoms with Crippen LogP contribution in [0.3, 0.4) is 0 Å². The minimum Gasteiger partial charge on any atom is -0.493 e. The molecule has 1 aromatic carbocycles. The Labute approximate surface area is 173 Å². The molecule has 0 aliphatic carbocycles. The molecule has 10 heteroatoms. The second kappa shape index (κ2) is 8.02. The van der Waals surface area contributed by atoms with E-state index in [4.69, 9.17) is 9.47 Å². The quantitative estimate of drug-likeness (QED) is 0.526. The second-order valence-electron chi connectivity index (χ2n) is 6.79. The van der Waals surface area contributed by atoms with Crippen molar-refractivity contribution in [3.05, 3.63) is 53.9 Å². The normalized spacial score (nSPS) is 12.1. The number of aromatic nitrogens is 3. The molecule has 0 amide bonds. The van der Waals surface area contributed by atoms with Crippen LogP contribution >= 0.6 is 0 Å². The lowest BCUT2D eigenvalue weighted by Crippen LogP contribution is -2.15. The van der Waals surface area contributed by atoms with E-state index < -0.39 is 26.6 Å². The summed E-state index contributed by atoms with van der Waals surface area (Å²) in [7, 11) is -0.813. The fourth-order valence-corrected chi connectivity index (χ4v) is 3.44. The van der Waals surface area contributed by atoms with E-state index in [1.807, 2.05) is 6.07 Å². The average molecular weight is 437 g/mol. The zero-order valence-electron chi connectivity index (χ0n) is 16.9. The standard InChI is InChI=1S/C20H21F2N3O4S/c1-20(21,22)18-11-14(23-19(24-18)30(4,26)27)15-6-5-9-25(15)12-13-7-8-16(28-2)17(10-13)29-3/h5-11H,12H2,1-4H3. The van der Waals surface area contributed by atoms with Crippen LogP contribution in [-0.2, 0) is 22.3 Å². The molecule has 160 valence electrons. The molecule has 0 unspecified atom stereocenters. The number of benzene rings is 1. The zero-order chi connectivity index (χ0) is 22.1. The Morgan fingerprint density at radius 3 is 2.37 bits per heavy atom. The van der Waals surface area contributed by atoms with Crippen molar-refractivity contribution >= 4 is 9.84 Å². The first-order valence-corrected chi connectivity index (χ1v) is 10.8. The maximum Gasteiger partial charge on any atom is 0.287 e. The zero-order valence-corrected chi connectivity index (χ0v) is 17.7. The molecule has 7 nitrogen and oxygen atoms in total. The molecular weight excluding hydrogens is 416 g/mol. The van der Waals surface area contributed by atoms with Gasteiger partial charge < -0.3 is 14.0 Å². The number of ether oxygens (including phenoxy) is 2. The van der Waals surface area contributed by atoms with Crippen LogP contribution in [0.2, 0.25) is 0 Å². The summed E-state index contributed by atoms with van der Waals surface area (Å²) in [6.07, 6.45) is 2.63. The van der Waals surface area contributed by atoms with Crippen molar-refractivity contribution in [1.82, 2.24) is 14.5 Å². The Kier molecular flexibility index (Phi) is 5.80. The Morgan fingerprint density at radius 2 is 1.77 bits per heavy atom. The highest BCUT2D eigenvalue weighted by Crippen LogP contribution is 2.31. The molecule has 0 fully saturated rings. The Morgan fingerprint density at radius 1 is 1.07 bits per heavy atom. The molecule has 0 aliphatic heterocycles. The van der Waals surface area contributed by atoms with Crippen LogP contribution in [0, 0.1) is 0 Å². The highest BCUT2D eigenvalue weighted by molar-refractivity contribution is 7.90. The lowest BCUT2D eigenvalue weighted by molar-refractivity contribution is 0.0120. The van der Waals surface area contributed by atoms with Crippen LogP contribution in [-0.4, -0.2) is 43.4 Å². The molecule has 0 spiro atoms. The fraction of sp³-hybridized carbons (Fsp3) is 0.300. The van der Waals surface area contributed by atoms with E-state index in [1.165, 1.54) is 14.2 Å². The number of sulfone groups is 1. The van der Waals surface area contributed by atoms with E-state index in [1.54, 1.807) is 35.0 Å². The molecule has 30 heavy (non-hydrogen) atoms. The van der Waals surface area contributed by atoms with Crippen molar-refractivity contribution in [2.75, 3.05) is 20.5 Å². The van der Waals surface area contributed by atoms with Crippen molar-refractivity contribution < 1.29 is 26.7 Å². The predicted molar refractivity (Wildman–Crippen MR) is 107 cm³/mol. The van der Waals surface area contributed by atoms with Crippen molar-refractivity contribution in [1.29, 1.82) is 0 Å². The fourth-order valence-electron chi connectivity index (χ4n) is 2.91. The Bertz CT molecular complexity index is 1170. The van der Waals surface area contributed by atoms with Gasteiger partial charge in [-0.3, -0.25) is 0 Å². The first-order chi connectivity index (χ1) is 14.0. The molecule has 0 saturated heterocycles. The van der Waals surface area contributed by atoms with Crippen molar-refractivity contribution in [2.45, 2.75) is 24.5 Å². The lowest BCUT2D eigenvalue weighted by atomic mass is 10.1. The van der Waals surface area contributed by atoms with Crippen LogP contribution < -0.4 is 9.47 Å². The second-order valence-corrected chi connectivity index (χ2v) is 8.70. The van der Waals surface area contributed by atoms with Gasteiger partial charge in [0.2, 0.25) is 15.0 Å². The minimum atomic E-state index is -3.88. The van der Waals surface area contributed by atoms with E-state index in [-0.39, 0.29) is 5.69 Å². The van der Waals surface area contributed by atoms with Crippen LogP contribution in [0.25, 0.3) is 11.4 Å². The summed E-state index contributed by atoms with van der Waals surface area (Å²) in [5.41, 5.74) is 0.769. The number of nitrogens with zero attached hydrogens (tertiary/aromatic N) is 3. The van der Waals surface area contributed by atoms with Gasteiger partial charge in [0.1, 0.15) is 5.69 Å². The SMILES string of the molecule is COc1ccc(Cn2cccc2-c2cc(C(C)(F)F)nc(S(C)(=O)=O)n2)cc1OC. The van der Waals surface area contributed by atoms with E-state index in [0.29, 0.717) is 30.7 Å². The molecule has 0 saturated carbocycles. The molecule has 0 radical (unpaired) electrons. The number of halogens is 2. The number of alkyl halides is 2. The smallest absolute Gasteiger partial charge is 0.287 e. The van der Waals surface area contributed by atoms with E-state index in [9.17, 15) is 17.2 Å². The molecule has 0 bridgehead atoms. The molecule has 3 rings (SSSR count). The highest BCUT2D eigenvalue weighted by Gasteiger charge is 2.30. The van der Waals surface area contributed by atoms with Gasteiger partial charge in [0.15, 0.2) is 11.5 Å². The van der Waals surface area contributed by atoms with E-state index in [0.717, 1.165) is 17.9 Å². The average Bonchev–Trinajstić information content (AvgIpc) is 3.14. The third-order valence-corrected chi connectivity index (χ3v) is 5.23. The van der Waals surface area contributed by atoms with Crippen molar-refractivity contribution in [2.24, 2.45) is 0 Å². The lowest BCUT2D eigenvalue weighted by Gasteiger charge is -2.15. The molecule has 0 N–H and O–H groups in total. The van der Waals surface area contributed by atoms with Crippen molar-refractivity contribution in [3.8, 4) is 22.9 Å². The third kappa shape index (κ3) is 4.59. The van der Waals surface area contributed by atoms with E-state index >= 15 is 0 Å². The number of hydrogen-bond acceptors (Lipinski definition) is 6. The maximum atomic E-state index is 13.9. The summed E-state index contributed by atoms with van der Waals surface area (Å²) in [6, 6.07) is 9.91. The molecule has 0 aliphatic rings. The van der Waals surface area contributed by atoms with Gasteiger partial charge in [-0.05, 0) is 35.9 Å². The third-order valence-electron chi connectivity index (χ3n) is 4.38. The predicted octanol–water partition coefficient (Wildman–Crippen LogP) is 3.53. The maximum absolute atomic E-state index is 13.9. The molecule has 2 heterocycles. The molecular formula is C20H21F2N3O4S. The summed E-state index contributed by atoms with van der Waals surface area (Å²) >= 11 is 0. The van der Waals surface area contributed by atoms with Crippen LogP contribution in [0.1, 0.15) is 18.2 Å². The summed E-state index contributed by atoms with van der Waals surface area (Å²) in [4.78, 5) is 7.58.